The Hall–Kier alpha value is -0.900. The Kier molecular flexibility index (Phi) is 6.08. The molecule has 4 heteroatoms. The third kappa shape index (κ3) is 4.75. The van der Waals surface area contributed by atoms with Gasteiger partial charge in [-0.25, -0.2) is 4.98 Å². The third-order valence-electron chi connectivity index (χ3n) is 2.24. The third-order valence-corrected chi connectivity index (χ3v) is 3.22. The standard InChI is InChI=1S/C12H21N3S/c1-4-16-9-5-7-13-12-10-11(15(2)3)6-8-14-12/h6,8,10H,4-5,7,9H2,1-3H3,(H,13,14). The van der Waals surface area contributed by atoms with Crippen LogP contribution in [0.4, 0.5) is 11.5 Å². The summed E-state index contributed by atoms with van der Waals surface area (Å²) in [5, 5.41) is 3.35. The predicted molar refractivity (Wildman–Crippen MR) is 74.7 cm³/mol. The summed E-state index contributed by atoms with van der Waals surface area (Å²) in [6, 6.07) is 4.09. The zero-order valence-electron chi connectivity index (χ0n) is 10.4. The van der Waals surface area contributed by atoms with Crippen molar-refractivity contribution >= 4 is 23.3 Å². The van der Waals surface area contributed by atoms with Gasteiger partial charge in [0.1, 0.15) is 5.82 Å². The number of thioether (sulfide) groups is 1. The van der Waals surface area contributed by atoms with Crippen LogP contribution in [-0.2, 0) is 0 Å². The highest BCUT2D eigenvalue weighted by Crippen LogP contribution is 2.14. The van der Waals surface area contributed by atoms with Gasteiger partial charge in [-0.1, -0.05) is 6.92 Å². The first-order valence-electron chi connectivity index (χ1n) is 5.69. The molecule has 0 spiro atoms. The molecular formula is C12H21N3S. The maximum Gasteiger partial charge on any atom is 0.127 e. The molecule has 0 aliphatic heterocycles. The zero-order valence-corrected chi connectivity index (χ0v) is 11.2. The Morgan fingerprint density at radius 3 is 2.94 bits per heavy atom. The van der Waals surface area contributed by atoms with Crippen LogP contribution in [0.3, 0.4) is 0 Å². The van der Waals surface area contributed by atoms with E-state index >= 15 is 0 Å². The van der Waals surface area contributed by atoms with E-state index in [2.05, 4.69) is 28.2 Å². The Morgan fingerprint density at radius 2 is 2.25 bits per heavy atom. The molecule has 0 aliphatic rings. The summed E-state index contributed by atoms with van der Waals surface area (Å²) >= 11 is 1.98. The van der Waals surface area contributed by atoms with Crippen molar-refractivity contribution in [1.29, 1.82) is 0 Å². The van der Waals surface area contributed by atoms with Gasteiger partial charge in [-0.2, -0.15) is 11.8 Å². The molecule has 1 N–H and O–H groups in total. The number of rotatable bonds is 7. The van der Waals surface area contributed by atoms with Gasteiger partial charge in [-0.05, 0) is 24.0 Å². The van der Waals surface area contributed by atoms with E-state index in [4.69, 9.17) is 0 Å². The van der Waals surface area contributed by atoms with E-state index in [0.717, 1.165) is 12.4 Å². The lowest BCUT2D eigenvalue weighted by atomic mass is 10.3. The summed E-state index contributed by atoms with van der Waals surface area (Å²) in [5.41, 5.74) is 1.18. The molecule has 0 unspecified atom stereocenters. The van der Waals surface area contributed by atoms with Gasteiger partial charge in [0.25, 0.3) is 0 Å². The van der Waals surface area contributed by atoms with Crippen molar-refractivity contribution < 1.29 is 0 Å². The fraction of sp³-hybridized carbons (Fsp3) is 0.583. The number of nitrogens with zero attached hydrogens (tertiary/aromatic N) is 2. The van der Waals surface area contributed by atoms with E-state index in [1.165, 1.54) is 23.6 Å². The first kappa shape index (κ1) is 13.2. The second-order valence-electron chi connectivity index (χ2n) is 3.77. The maximum absolute atomic E-state index is 4.30. The van der Waals surface area contributed by atoms with E-state index in [9.17, 15) is 0 Å². The largest absolute Gasteiger partial charge is 0.378 e. The molecular weight excluding hydrogens is 218 g/mol. The molecule has 0 saturated heterocycles. The summed E-state index contributed by atoms with van der Waals surface area (Å²) in [5.74, 6) is 3.39. The van der Waals surface area contributed by atoms with Crippen LogP contribution in [0.15, 0.2) is 18.3 Å². The van der Waals surface area contributed by atoms with Crippen molar-refractivity contribution in [1.82, 2.24) is 4.98 Å². The Balaban J connectivity index is 2.33. The molecule has 16 heavy (non-hydrogen) atoms. The number of pyridine rings is 1. The van der Waals surface area contributed by atoms with Crippen LogP contribution in [-0.4, -0.2) is 37.1 Å². The van der Waals surface area contributed by atoms with Gasteiger partial charge in [-0.3, -0.25) is 0 Å². The van der Waals surface area contributed by atoms with Crippen LogP contribution < -0.4 is 10.2 Å². The smallest absolute Gasteiger partial charge is 0.127 e. The van der Waals surface area contributed by atoms with E-state index < -0.39 is 0 Å². The Morgan fingerprint density at radius 1 is 1.44 bits per heavy atom. The fourth-order valence-corrected chi connectivity index (χ4v) is 1.97. The lowest BCUT2D eigenvalue weighted by molar-refractivity contribution is 0.979. The molecule has 0 fully saturated rings. The SMILES string of the molecule is CCSCCCNc1cc(N(C)C)ccn1. The zero-order chi connectivity index (χ0) is 11.8. The minimum absolute atomic E-state index is 0.965. The number of aromatic nitrogens is 1. The first-order valence-corrected chi connectivity index (χ1v) is 6.84. The predicted octanol–water partition coefficient (Wildman–Crippen LogP) is 2.70. The van der Waals surface area contributed by atoms with E-state index in [1.807, 2.05) is 38.1 Å². The number of nitrogens with one attached hydrogen (secondary N) is 1. The molecule has 0 saturated carbocycles. The average molecular weight is 239 g/mol. The maximum atomic E-state index is 4.30. The number of hydrogen-bond acceptors (Lipinski definition) is 4. The van der Waals surface area contributed by atoms with E-state index in [1.54, 1.807) is 0 Å². The molecule has 3 nitrogen and oxygen atoms in total. The molecule has 1 rings (SSSR count). The summed E-state index contributed by atoms with van der Waals surface area (Å²) in [6.45, 7) is 3.19. The van der Waals surface area contributed by atoms with Gasteiger partial charge in [0, 0.05) is 38.6 Å². The van der Waals surface area contributed by atoms with Crippen LogP contribution in [0.25, 0.3) is 0 Å². The lowest BCUT2D eigenvalue weighted by Crippen LogP contribution is -2.10. The average Bonchev–Trinajstić information content (AvgIpc) is 2.29. The fourth-order valence-electron chi connectivity index (χ4n) is 1.33. The van der Waals surface area contributed by atoms with Crippen molar-refractivity contribution in [2.24, 2.45) is 0 Å². The van der Waals surface area contributed by atoms with Crippen LogP contribution in [0.2, 0.25) is 0 Å². The molecule has 1 heterocycles. The van der Waals surface area contributed by atoms with E-state index in [0.29, 0.717) is 0 Å². The molecule has 0 atom stereocenters. The summed E-state index contributed by atoms with van der Waals surface area (Å²) in [4.78, 5) is 6.38. The Bertz CT molecular complexity index is 302. The summed E-state index contributed by atoms with van der Waals surface area (Å²) < 4.78 is 0. The second kappa shape index (κ2) is 7.39. The summed E-state index contributed by atoms with van der Waals surface area (Å²) in [7, 11) is 4.08. The molecule has 0 aromatic carbocycles. The van der Waals surface area contributed by atoms with Crippen LogP contribution >= 0.6 is 11.8 Å². The second-order valence-corrected chi connectivity index (χ2v) is 5.16. The van der Waals surface area contributed by atoms with Crippen molar-refractivity contribution in [2.45, 2.75) is 13.3 Å². The number of hydrogen-bond donors (Lipinski definition) is 1. The normalized spacial score (nSPS) is 10.2. The molecule has 90 valence electrons. The highest BCUT2D eigenvalue weighted by atomic mass is 32.2. The van der Waals surface area contributed by atoms with Crippen LogP contribution in [0.5, 0.6) is 0 Å². The first-order chi connectivity index (χ1) is 7.74. The summed E-state index contributed by atoms with van der Waals surface area (Å²) in [6.07, 6.45) is 3.03. The van der Waals surface area contributed by atoms with E-state index in [-0.39, 0.29) is 0 Å². The van der Waals surface area contributed by atoms with Crippen molar-refractivity contribution in [3.8, 4) is 0 Å². The molecule has 0 bridgehead atoms. The van der Waals surface area contributed by atoms with Crippen molar-refractivity contribution in [3.63, 3.8) is 0 Å². The molecule has 0 radical (unpaired) electrons. The van der Waals surface area contributed by atoms with Gasteiger partial charge in [0.15, 0.2) is 0 Å². The molecule has 1 aromatic rings. The molecule has 1 aromatic heterocycles. The monoisotopic (exact) mass is 239 g/mol. The van der Waals surface area contributed by atoms with Crippen molar-refractivity contribution in [2.75, 3.05) is 42.4 Å². The highest BCUT2D eigenvalue weighted by molar-refractivity contribution is 7.99. The van der Waals surface area contributed by atoms with Gasteiger partial charge >= 0.3 is 0 Å². The lowest BCUT2D eigenvalue weighted by Gasteiger charge is -2.13. The van der Waals surface area contributed by atoms with Gasteiger partial charge in [0.2, 0.25) is 0 Å². The van der Waals surface area contributed by atoms with Gasteiger partial charge in [0.05, 0.1) is 0 Å². The molecule has 0 amide bonds. The van der Waals surface area contributed by atoms with Crippen LogP contribution in [0, 0.1) is 0 Å². The number of anilines is 2. The van der Waals surface area contributed by atoms with Crippen molar-refractivity contribution in [3.05, 3.63) is 18.3 Å². The highest BCUT2D eigenvalue weighted by Gasteiger charge is 1.98. The quantitative estimate of drug-likeness (QED) is 0.741. The Labute approximate surface area is 103 Å². The van der Waals surface area contributed by atoms with Crippen LogP contribution in [0.1, 0.15) is 13.3 Å². The minimum Gasteiger partial charge on any atom is -0.378 e. The molecule has 0 aliphatic carbocycles. The van der Waals surface area contributed by atoms with Gasteiger partial charge < -0.3 is 10.2 Å². The van der Waals surface area contributed by atoms with Gasteiger partial charge in [-0.15, -0.1) is 0 Å². The minimum atomic E-state index is 0.965. The topological polar surface area (TPSA) is 28.2 Å².